The zero-order chi connectivity index (χ0) is 33.7. The van der Waals surface area contributed by atoms with Crippen LogP contribution < -0.4 is 4.90 Å². The van der Waals surface area contributed by atoms with Gasteiger partial charge in [-0.2, -0.15) is 0 Å². The van der Waals surface area contributed by atoms with E-state index in [1.54, 1.807) is 0 Å². The first-order valence-corrected chi connectivity index (χ1v) is 17.5. The Morgan fingerprint density at radius 2 is 0.863 bits per heavy atom. The van der Waals surface area contributed by atoms with Crippen LogP contribution in [0.15, 0.2) is 200 Å². The van der Waals surface area contributed by atoms with Gasteiger partial charge in [0.1, 0.15) is 5.65 Å². The van der Waals surface area contributed by atoms with Crippen molar-refractivity contribution in [3.63, 3.8) is 0 Å². The van der Waals surface area contributed by atoms with Crippen molar-refractivity contribution < 1.29 is 0 Å². The summed E-state index contributed by atoms with van der Waals surface area (Å²) in [5, 5.41) is 6.18. The Kier molecular flexibility index (Phi) is 6.81. The van der Waals surface area contributed by atoms with E-state index in [-0.39, 0.29) is 0 Å². The SMILES string of the molecule is c1ccc(-c2ccccc2N(c2ccc(-n3c4ccccc4c4c5ccccc5n(-c5ccccc5)c43)cc2)c2cccc3ccccc23)cc1. The third-order valence-corrected chi connectivity index (χ3v) is 10.1. The van der Waals surface area contributed by atoms with Crippen molar-refractivity contribution in [3.8, 4) is 22.5 Å². The maximum atomic E-state index is 2.43. The Morgan fingerprint density at radius 3 is 1.57 bits per heavy atom. The number of aromatic nitrogens is 2. The second-order valence-electron chi connectivity index (χ2n) is 13.0. The van der Waals surface area contributed by atoms with Gasteiger partial charge in [0.15, 0.2) is 0 Å². The van der Waals surface area contributed by atoms with Crippen molar-refractivity contribution in [2.45, 2.75) is 0 Å². The molecule has 0 aliphatic carbocycles. The standard InChI is InChI=1S/C48H33N3/c1-3-16-34(17-4-1)39-23-9-12-26-43(39)49(44-29-15-19-35-18-7-8-22-40(35)44)37-30-32-38(33-31-37)51-46-28-14-11-25-42(46)47-41-24-10-13-27-45(41)50(48(47)51)36-20-5-2-6-21-36/h1-33H. The van der Waals surface area contributed by atoms with Crippen LogP contribution in [-0.4, -0.2) is 9.13 Å². The molecule has 0 fully saturated rings. The van der Waals surface area contributed by atoms with Gasteiger partial charge in [0, 0.05) is 44.2 Å². The Bertz CT molecular complexity index is 2840. The van der Waals surface area contributed by atoms with Gasteiger partial charge in [0.25, 0.3) is 0 Å². The molecule has 240 valence electrons. The lowest BCUT2D eigenvalue weighted by Crippen LogP contribution is -2.12. The molecule has 0 radical (unpaired) electrons. The lowest BCUT2D eigenvalue weighted by molar-refractivity contribution is 1.07. The van der Waals surface area contributed by atoms with Crippen molar-refractivity contribution in [2.75, 3.05) is 4.90 Å². The highest BCUT2D eigenvalue weighted by Gasteiger charge is 2.23. The second-order valence-corrected chi connectivity index (χ2v) is 13.0. The van der Waals surface area contributed by atoms with Crippen LogP contribution in [0.5, 0.6) is 0 Å². The van der Waals surface area contributed by atoms with E-state index < -0.39 is 0 Å². The molecule has 0 unspecified atom stereocenters. The van der Waals surface area contributed by atoms with Gasteiger partial charge < -0.3 is 4.90 Å². The number of rotatable bonds is 6. The van der Waals surface area contributed by atoms with Crippen LogP contribution in [0.4, 0.5) is 17.1 Å². The van der Waals surface area contributed by atoms with E-state index in [9.17, 15) is 0 Å². The maximum absolute atomic E-state index is 2.43. The van der Waals surface area contributed by atoms with Gasteiger partial charge in [0.05, 0.1) is 22.4 Å². The van der Waals surface area contributed by atoms with Gasteiger partial charge in [-0.1, -0.05) is 140 Å². The first-order valence-electron chi connectivity index (χ1n) is 17.5. The molecule has 0 spiro atoms. The molecule has 0 amide bonds. The zero-order valence-corrected chi connectivity index (χ0v) is 27.9. The van der Waals surface area contributed by atoms with Crippen LogP contribution in [0.2, 0.25) is 0 Å². The van der Waals surface area contributed by atoms with E-state index >= 15 is 0 Å². The third-order valence-electron chi connectivity index (χ3n) is 10.1. The number of hydrogen-bond acceptors (Lipinski definition) is 1. The maximum Gasteiger partial charge on any atom is 0.131 e. The van der Waals surface area contributed by atoms with Crippen LogP contribution in [0, 0.1) is 0 Å². The Balaban J connectivity index is 1.22. The summed E-state index contributed by atoms with van der Waals surface area (Å²) in [5.74, 6) is 0. The van der Waals surface area contributed by atoms with Crippen LogP contribution >= 0.6 is 0 Å². The van der Waals surface area contributed by atoms with Crippen LogP contribution in [0.3, 0.4) is 0 Å². The van der Waals surface area contributed by atoms with Crippen LogP contribution in [0.25, 0.3) is 66.1 Å². The monoisotopic (exact) mass is 651 g/mol. The Hall–Kier alpha value is -6.84. The van der Waals surface area contributed by atoms with Crippen molar-refractivity contribution in [1.29, 1.82) is 0 Å². The fraction of sp³-hybridized carbons (Fsp3) is 0. The minimum atomic E-state index is 1.09. The molecule has 3 nitrogen and oxygen atoms in total. The fourth-order valence-electron chi connectivity index (χ4n) is 7.89. The molecule has 51 heavy (non-hydrogen) atoms. The zero-order valence-electron chi connectivity index (χ0n) is 27.9. The Morgan fingerprint density at radius 1 is 0.353 bits per heavy atom. The molecule has 0 saturated carbocycles. The molecular weight excluding hydrogens is 619 g/mol. The van der Waals surface area contributed by atoms with Gasteiger partial charge in [-0.05, 0) is 71.6 Å². The van der Waals surface area contributed by atoms with E-state index in [0.29, 0.717) is 0 Å². The van der Waals surface area contributed by atoms with Gasteiger partial charge >= 0.3 is 0 Å². The predicted octanol–water partition coefficient (Wildman–Crippen LogP) is 13.0. The molecule has 10 rings (SSSR count). The molecule has 0 aliphatic rings. The lowest BCUT2D eigenvalue weighted by atomic mass is 10.0. The molecule has 2 heterocycles. The number of para-hydroxylation sites is 4. The summed E-state index contributed by atoms with van der Waals surface area (Å²) >= 11 is 0. The van der Waals surface area contributed by atoms with Crippen molar-refractivity contribution in [1.82, 2.24) is 9.13 Å². The fourth-order valence-corrected chi connectivity index (χ4v) is 7.89. The summed E-state index contributed by atoms with van der Waals surface area (Å²) in [6.45, 7) is 0. The van der Waals surface area contributed by atoms with E-state index in [0.717, 1.165) is 34.1 Å². The average molecular weight is 652 g/mol. The second kappa shape index (κ2) is 11.9. The van der Waals surface area contributed by atoms with Gasteiger partial charge in [0.2, 0.25) is 0 Å². The van der Waals surface area contributed by atoms with Crippen molar-refractivity contribution in [3.05, 3.63) is 200 Å². The predicted molar refractivity (Wildman–Crippen MR) is 215 cm³/mol. The summed E-state index contributed by atoms with van der Waals surface area (Å²) in [4.78, 5) is 2.42. The number of hydrogen-bond donors (Lipinski definition) is 0. The molecule has 3 heteroatoms. The number of fused-ring (bicyclic) bond motifs is 6. The first-order chi connectivity index (χ1) is 25.3. The minimum Gasteiger partial charge on any atom is -0.309 e. The highest BCUT2D eigenvalue weighted by Crippen LogP contribution is 2.45. The highest BCUT2D eigenvalue weighted by molar-refractivity contribution is 6.22. The molecule has 10 aromatic rings. The van der Waals surface area contributed by atoms with Crippen molar-refractivity contribution >= 4 is 60.7 Å². The highest BCUT2D eigenvalue weighted by atomic mass is 15.2. The minimum absolute atomic E-state index is 1.09. The van der Waals surface area contributed by atoms with Crippen LogP contribution in [0.1, 0.15) is 0 Å². The molecule has 0 N–H and O–H groups in total. The molecule has 0 aliphatic heterocycles. The van der Waals surface area contributed by atoms with Gasteiger partial charge in [-0.3, -0.25) is 9.13 Å². The lowest BCUT2D eigenvalue weighted by Gasteiger charge is -2.29. The molecule has 0 bridgehead atoms. The largest absolute Gasteiger partial charge is 0.309 e. The van der Waals surface area contributed by atoms with E-state index in [1.165, 1.54) is 49.1 Å². The number of benzene rings is 8. The summed E-state index contributed by atoms with van der Waals surface area (Å²) in [7, 11) is 0. The quantitative estimate of drug-likeness (QED) is 0.174. The van der Waals surface area contributed by atoms with Crippen molar-refractivity contribution in [2.24, 2.45) is 0 Å². The smallest absolute Gasteiger partial charge is 0.131 e. The van der Waals surface area contributed by atoms with Gasteiger partial charge in [-0.15, -0.1) is 0 Å². The number of nitrogens with zero attached hydrogens (tertiary/aromatic N) is 3. The third kappa shape index (κ3) is 4.67. The number of anilines is 3. The summed E-state index contributed by atoms with van der Waals surface area (Å²) in [6, 6.07) is 72.0. The molecule has 2 aromatic heterocycles. The average Bonchev–Trinajstić information content (AvgIpc) is 3.72. The normalized spacial score (nSPS) is 11.5. The van der Waals surface area contributed by atoms with E-state index in [2.05, 4.69) is 214 Å². The molecular formula is C48H33N3. The van der Waals surface area contributed by atoms with E-state index in [1.807, 2.05) is 0 Å². The topological polar surface area (TPSA) is 13.1 Å². The Labute approximate surface area is 296 Å². The molecule has 0 atom stereocenters. The van der Waals surface area contributed by atoms with Gasteiger partial charge in [-0.25, -0.2) is 0 Å². The van der Waals surface area contributed by atoms with Crippen LogP contribution in [-0.2, 0) is 0 Å². The summed E-state index contributed by atoms with van der Waals surface area (Å²) < 4.78 is 4.85. The molecule has 8 aromatic carbocycles. The first kappa shape index (κ1) is 29.1. The van der Waals surface area contributed by atoms with E-state index in [4.69, 9.17) is 0 Å². The molecule has 0 saturated heterocycles. The summed E-state index contributed by atoms with van der Waals surface area (Å²) in [6.07, 6.45) is 0. The summed E-state index contributed by atoms with van der Waals surface area (Å²) in [5.41, 5.74) is 11.5.